The molecule has 1 amide bonds. The van der Waals surface area contributed by atoms with Gasteiger partial charge >= 0.3 is 5.97 Å². The molecule has 2 rings (SSSR count). The van der Waals surface area contributed by atoms with E-state index < -0.39 is 30.3 Å². The van der Waals surface area contributed by atoms with Crippen LogP contribution < -0.4 is 5.32 Å². The van der Waals surface area contributed by atoms with Gasteiger partial charge in [-0.1, -0.05) is 26.0 Å². The molecule has 1 aliphatic rings. The summed E-state index contributed by atoms with van der Waals surface area (Å²) in [6.45, 7) is 7.25. The van der Waals surface area contributed by atoms with Gasteiger partial charge in [0.25, 0.3) is 0 Å². The maximum atomic E-state index is 11.8. The molecule has 1 unspecified atom stereocenters. The average Bonchev–Trinajstić information content (AvgIpc) is 3.15. The molecule has 0 aliphatic heterocycles. The summed E-state index contributed by atoms with van der Waals surface area (Å²) >= 11 is 0. The summed E-state index contributed by atoms with van der Waals surface area (Å²) in [6.07, 6.45) is 4.09. The Morgan fingerprint density at radius 3 is 2.54 bits per heavy atom. The lowest BCUT2D eigenvalue weighted by molar-refractivity contribution is -0.134. The number of aliphatic hydroxyl groups is 1. The van der Waals surface area contributed by atoms with E-state index in [1.807, 2.05) is 20.8 Å². The maximum Gasteiger partial charge on any atom is 0.331 e. The summed E-state index contributed by atoms with van der Waals surface area (Å²) in [7, 11) is 0. The Bertz CT molecular complexity index is 713. The highest BCUT2D eigenvalue weighted by Crippen LogP contribution is 2.31. The largest absolute Gasteiger partial charge is 0.478 e. The Balaban J connectivity index is 2.44. The lowest BCUT2D eigenvalue weighted by Gasteiger charge is -2.38. The molecule has 4 atom stereocenters. The van der Waals surface area contributed by atoms with Crippen molar-refractivity contribution in [3.63, 3.8) is 0 Å². The first-order valence-corrected chi connectivity index (χ1v) is 9.76. The predicted octanol–water partition coefficient (Wildman–Crippen LogP) is 1.76. The number of carbonyl (C=O) groups is 2. The highest BCUT2D eigenvalue weighted by Gasteiger charge is 2.39. The third-order valence-corrected chi connectivity index (χ3v) is 5.05. The molecular formula is C19H30N4O5. The van der Waals surface area contributed by atoms with Crippen LogP contribution in [0.2, 0.25) is 0 Å². The van der Waals surface area contributed by atoms with Crippen LogP contribution in [0.15, 0.2) is 17.8 Å². The van der Waals surface area contributed by atoms with E-state index in [1.165, 1.54) is 11.6 Å². The number of hydrogen-bond donors (Lipinski definition) is 3. The second-order valence-corrected chi connectivity index (χ2v) is 7.08. The van der Waals surface area contributed by atoms with Gasteiger partial charge in [0.15, 0.2) is 0 Å². The van der Waals surface area contributed by atoms with Crippen molar-refractivity contribution in [3.8, 4) is 0 Å². The van der Waals surface area contributed by atoms with Crippen molar-refractivity contribution in [2.75, 3.05) is 0 Å². The average molecular weight is 394 g/mol. The smallest absolute Gasteiger partial charge is 0.331 e. The number of hydrogen-bond acceptors (Lipinski definition) is 6. The molecule has 1 heterocycles. The van der Waals surface area contributed by atoms with E-state index in [1.54, 1.807) is 12.3 Å². The zero-order chi connectivity index (χ0) is 20.8. The van der Waals surface area contributed by atoms with Crippen LogP contribution in [0.25, 0.3) is 0 Å². The van der Waals surface area contributed by atoms with Crippen molar-refractivity contribution < 1.29 is 24.5 Å². The molecule has 9 nitrogen and oxygen atoms in total. The van der Waals surface area contributed by atoms with Gasteiger partial charge in [0.1, 0.15) is 5.69 Å². The Labute approximate surface area is 164 Å². The van der Waals surface area contributed by atoms with Crippen molar-refractivity contribution in [3.05, 3.63) is 23.5 Å². The molecular weight excluding hydrogens is 364 g/mol. The minimum Gasteiger partial charge on any atom is -0.478 e. The molecule has 0 spiro atoms. The molecule has 9 heteroatoms. The summed E-state index contributed by atoms with van der Waals surface area (Å²) < 4.78 is 7.67. The van der Waals surface area contributed by atoms with Crippen molar-refractivity contribution in [1.82, 2.24) is 20.3 Å². The molecule has 0 saturated heterocycles. The van der Waals surface area contributed by atoms with Crippen LogP contribution >= 0.6 is 0 Å². The number of amides is 1. The van der Waals surface area contributed by atoms with Crippen LogP contribution in [-0.2, 0) is 14.3 Å². The van der Waals surface area contributed by atoms with Crippen LogP contribution in [0.3, 0.4) is 0 Å². The number of nitrogens with zero attached hydrogens (tertiary/aromatic N) is 3. The predicted molar refractivity (Wildman–Crippen MR) is 101 cm³/mol. The summed E-state index contributed by atoms with van der Waals surface area (Å²) in [6, 6.07) is -1.09. The topological polar surface area (TPSA) is 127 Å². The summed E-state index contributed by atoms with van der Waals surface area (Å²) in [5.41, 5.74) is 0.605. The monoisotopic (exact) mass is 394 g/mol. The van der Waals surface area contributed by atoms with Gasteiger partial charge in [-0.15, -0.1) is 5.10 Å². The quantitative estimate of drug-likeness (QED) is 0.582. The second kappa shape index (κ2) is 9.79. The van der Waals surface area contributed by atoms with E-state index in [-0.39, 0.29) is 24.0 Å². The fourth-order valence-corrected chi connectivity index (χ4v) is 3.41. The van der Waals surface area contributed by atoms with Crippen LogP contribution in [0.5, 0.6) is 0 Å². The number of aromatic nitrogens is 3. The first kappa shape index (κ1) is 22.0. The van der Waals surface area contributed by atoms with Crippen molar-refractivity contribution >= 4 is 11.9 Å². The molecule has 0 bridgehead atoms. The maximum absolute atomic E-state index is 11.8. The molecule has 156 valence electrons. The molecule has 28 heavy (non-hydrogen) atoms. The summed E-state index contributed by atoms with van der Waals surface area (Å²) in [5.74, 6) is -1.27. The van der Waals surface area contributed by atoms with Crippen LogP contribution in [0.4, 0.5) is 0 Å². The van der Waals surface area contributed by atoms with E-state index in [2.05, 4.69) is 15.6 Å². The molecule has 1 aliphatic carbocycles. The lowest BCUT2D eigenvalue weighted by atomic mass is 9.87. The van der Waals surface area contributed by atoms with E-state index in [9.17, 15) is 19.8 Å². The second-order valence-electron chi connectivity index (χ2n) is 7.08. The van der Waals surface area contributed by atoms with Crippen LogP contribution in [-0.4, -0.2) is 55.3 Å². The molecule has 0 aromatic carbocycles. The molecule has 3 N–H and O–H groups in total. The van der Waals surface area contributed by atoms with E-state index in [0.29, 0.717) is 12.1 Å². The highest BCUT2D eigenvalue weighted by molar-refractivity contribution is 5.87. The number of rotatable bonds is 9. The lowest BCUT2D eigenvalue weighted by Crippen LogP contribution is -2.52. The van der Waals surface area contributed by atoms with Gasteiger partial charge in [0.2, 0.25) is 5.91 Å². The number of carboxylic acid groups (broad SMARTS) is 1. The minimum atomic E-state index is -1.03. The summed E-state index contributed by atoms with van der Waals surface area (Å²) in [5, 5.41) is 30.5. The van der Waals surface area contributed by atoms with E-state index in [4.69, 9.17) is 4.74 Å². The number of ether oxygens (including phenoxy) is 1. The van der Waals surface area contributed by atoms with Gasteiger partial charge in [0, 0.05) is 18.9 Å². The highest BCUT2D eigenvalue weighted by atomic mass is 16.5. The summed E-state index contributed by atoms with van der Waals surface area (Å²) in [4.78, 5) is 23.5. The Morgan fingerprint density at radius 2 is 2.00 bits per heavy atom. The van der Waals surface area contributed by atoms with E-state index in [0.717, 1.165) is 12.8 Å². The number of carbonyl (C=O) groups excluding carboxylic acids is 1. The number of carboxylic acids is 1. The fourth-order valence-electron chi connectivity index (χ4n) is 3.41. The number of aliphatic carboxylic acids is 1. The number of nitrogens with one attached hydrogen (secondary N) is 1. The van der Waals surface area contributed by atoms with Crippen molar-refractivity contribution in [2.24, 2.45) is 0 Å². The normalized spacial score (nSPS) is 23.4. The molecule has 1 aromatic rings. The Morgan fingerprint density at radius 1 is 1.32 bits per heavy atom. The van der Waals surface area contributed by atoms with Crippen molar-refractivity contribution in [2.45, 2.75) is 83.8 Å². The third-order valence-electron chi connectivity index (χ3n) is 5.05. The van der Waals surface area contributed by atoms with Gasteiger partial charge < -0.3 is 20.3 Å². The van der Waals surface area contributed by atoms with Gasteiger partial charge in [-0.2, -0.15) is 0 Å². The number of aliphatic hydroxyl groups excluding tert-OH is 1. The minimum absolute atomic E-state index is 0.0386. The zero-order valence-electron chi connectivity index (χ0n) is 16.8. The van der Waals surface area contributed by atoms with Gasteiger partial charge in [-0.25, -0.2) is 9.48 Å². The van der Waals surface area contributed by atoms with Gasteiger partial charge in [-0.05, 0) is 25.3 Å². The van der Waals surface area contributed by atoms with E-state index >= 15 is 0 Å². The standard InChI is InChI=1S/C19H30N4O5/c1-5-13(6-2)28-17-9-12(19(26)27)8-15(18(17)20-11(4)24)23-10-14(21-22-23)16(25)7-3/h8,10,13,15-18,25H,5-7,9H2,1-4H3,(H,20,24)(H,26,27)/t15-,16?,17+,18+/m0/s1. The molecule has 0 fully saturated rings. The van der Waals surface area contributed by atoms with Gasteiger partial charge in [0.05, 0.1) is 36.6 Å². The Hall–Kier alpha value is -2.26. The first-order valence-electron chi connectivity index (χ1n) is 9.76. The zero-order valence-corrected chi connectivity index (χ0v) is 16.8. The van der Waals surface area contributed by atoms with Crippen LogP contribution in [0.1, 0.15) is 71.2 Å². The first-order chi connectivity index (χ1) is 13.3. The molecule has 0 saturated carbocycles. The third kappa shape index (κ3) is 5.17. The van der Waals surface area contributed by atoms with Gasteiger partial charge in [-0.3, -0.25) is 4.79 Å². The SMILES string of the molecule is CCC(CC)O[C@@H]1CC(C(=O)O)=C[C@H](n2cc(C(O)CC)nn2)[C@H]1NC(C)=O. The molecule has 1 aromatic heterocycles. The molecule has 0 radical (unpaired) electrons. The van der Waals surface area contributed by atoms with Crippen molar-refractivity contribution in [1.29, 1.82) is 0 Å². The van der Waals surface area contributed by atoms with Crippen LogP contribution in [0, 0.1) is 0 Å². The fraction of sp³-hybridized carbons (Fsp3) is 0.684. The Kier molecular flexibility index (Phi) is 7.70.